The Bertz CT molecular complexity index is 71.2. The second-order valence-corrected chi connectivity index (χ2v) is 3.54. The van der Waals surface area contributed by atoms with E-state index in [4.69, 9.17) is 4.74 Å². The third-order valence-corrected chi connectivity index (χ3v) is 2.17. The quantitative estimate of drug-likeness (QED) is 0.468. The molecule has 13 heavy (non-hydrogen) atoms. The molecule has 0 unspecified atom stereocenters. The van der Waals surface area contributed by atoms with Crippen molar-refractivity contribution >= 4 is 0 Å². The smallest absolute Gasteiger partial charge is 0.0497 e. The van der Waals surface area contributed by atoms with Gasteiger partial charge in [-0.1, -0.05) is 52.4 Å². The molecule has 0 aliphatic heterocycles. The maximum absolute atomic E-state index is 5.43. The van der Waals surface area contributed by atoms with Crippen molar-refractivity contribution in [1.29, 1.82) is 0 Å². The largest absolute Gasteiger partial charge is 0.381 e. The van der Waals surface area contributed by atoms with Crippen LogP contribution in [-0.2, 0) is 4.74 Å². The highest BCUT2D eigenvalue weighted by atomic mass is 16.5. The fourth-order valence-corrected chi connectivity index (χ4v) is 1.27. The molecule has 0 saturated heterocycles. The lowest BCUT2D eigenvalue weighted by Gasteiger charge is -2.02. The maximum Gasteiger partial charge on any atom is 0.0497 e. The van der Waals surface area contributed by atoms with E-state index in [-0.39, 0.29) is 0 Å². The predicted octanol–water partition coefficient (Wildman–Crippen LogP) is 3.98. The van der Waals surface area contributed by atoms with Crippen molar-refractivity contribution in [3.63, 3.8) is 0 Å². The molecule has 0 rings (SSSR count). The fraction of sp³-hybridized carbons (Fsp3) is 0.917. The van der Waals surface area contributed by atoms with Crippen LogP contribution in [0.5, 0.6) is 0 Å². The van der Waals surface area contributed by atoms with Gasteiger partial charge in [0.1, 0.15) is 0 Å². The maximum atomic E-state index is 5.43. The Morgan fingerprint density at radius 3 is 2.31 bits per heavy atom. The zero-order valence-electron chi connectivity index (χ0n) is 9.35. The molecule has 0 aromatic carbocycles. The number of rotatable bonds is 10. The number of hydrogen-bond acceptors (Lipinski definition) is 1. The van der Waals surface area contributed by atoms with Gasteiger partial charge in [-0.05, 0) is 12.8 Å². The molecular formula is C12H25O. The van der Waals surface area contributed by atoms with Crippen molar-refractivity contribution in [3.05, 3.63) is 6.42 Å². The van der Waals surface area contributed by atoms with Gasteiger partial charge in [-0.3, -0.25) is 0 Å². The Labute approximate surface area is 83.9 Å². The molecule has 0 bridgehead atoms. The van der Waals surface area contributed by atoms with Crippen molar-refractivity contribution in [1.82, 2.24) is 0 Å². The van der Waals surface area contributed by atoms with E-state index in [0.717, 1.165) is 19.6 Å². The Balaban J connectivity index is 2.76. The first-order chi connectivity index (χ1) is 6.41. The van der Waals surface area contributed by atoms with Crippen molar-refractivity contribution < 1.29 is 4.74 Å². The molecule has 0 saturated carbocycles. The van der Waals surface area contributed by atoms with Crippen LogP contribution in [0.2, 0.25) is 0 Å². The number of unbranched alkanes of at least 4 members (excludes halogenated alkanes) is 6. The van der Waals surface area contributed by atoms with E-state index in [9.17, 15) is 0 Å². The molecule has 0 amide bonds. The molecule has 1 radical (unpaired) electrons. The zero-order valence-corrected chi connectivity index (χ0v) is 9.35. The molecule has 0 heterocycles. The van der Waals surface area contributed by atoms with Crippen molar-refractivity contribution in [2.24, 2.45) is 0 Å². The fourth-order valence-electron chi connectivity index (χ4n) is 1.27. The van der Waals surface area contributed by atoms with E-state index >= 15 is 0 Å². The summed E-state index contributed by atoms with van der Waals surface area (Å²) in [5, 5.41) is 0. The van der Waals surface area contributed by atoms with Crippen LogP contribution in [0.4, 0.5) is 0 Å². The molecule has 1 nitrogen and oxygen atoms in total. The van der Waals surface area contributed by atoms with Gasteiger partial charge in [0.2, 0.25) is 0 Å². The third-order valence-electron chi connectivity index (χ3n) is 2.17. The van der Waals surface area contributed by atoms with Crippen LogP contribution >= 0.6 is 0 Å². The van der Waals surface area contributed by atoms with E-state index in [1.807, 2.05) is 0 Å². The molecule has 0 aliphatic rings. The van der Waals surface area contributed by atoms with Gasteiger partial charge in [-0.15, -0.1) is 0 Å². The SMILES string of the molecule is CC[CH]COCCCCCCCC. The molecule has 0 aliphatic carbocycles. The lowest BCUT2D eigenvalue weighted by Crippen LogP contribution is -1.96. The second kappa shape index (κ2) is 12.0. The first kappa shape index (κ1) is 13.0. The van der Waals surface area contributed by atoms with Crippen LogP contribution in [0.15, 0.2) is 0 Å². The van der Waals surface area contributed by atoms with Crippen LogP contribution in [0.3, 0.4) is 0 Å². The zero-order chi connectivity index (χ0) is 9.78. The van der Waals surface area contributed by atoms with Crippen LogP contribution in [0, 0.1) is 6.42 Å². The topological polar surface area (TPSA) is 9.23 Å². The van der Waals surface area contributed by atoms with Crippen LogP contribution in [0.25, 0.3) is 0 Å². The van der Waals surface area contributed by atoms with Gasteiger partial charge in [0.25, 0.3) is 0 Å². The van der Waals surface area contributed by atoms with Crippen LogP contribution < -0.4 is 0 Å². The first-order valence-electron chi connectivity index (χ1n) is 5.81. The third kappa shape index (κ3) is 12.0. The Morgan fingerprint density at radius 2 is 1.62 bits per heavy atom. The van der Waals surface area contributed by atoms with Gasteiger partial charge in [-0.2, -0.15) is 0 Å². The van der Waals surface area contributed by atoms with E-state index in [2.05, 4.69) is 20.3 Å². The Kier molecular flexibility index (Phi) is 11.9. The van der Waals surface area contributed by atoms with Crippen molar-refractivity contribution in [2.75, 3.05) is 13.2 Å². The summed E-state index contributed by atoms with van der Waals surface area (Å²) in [5.41, 5.74) is 0. The molecule has 0 aromatic heterocycles. The summed E-state index contributed by atoms with van der Waals surface area (Å²) < 4.78 is 5.43. The number of hydrogen-bond donors (Lipinski definition) is 0. The van der Waals surface area contributed by atoms with E-state index < -0.39 is 0 Å². The van der Waals surface area contributed by atoms with Gasteiger partial charge in [-0.25, -0.2) is 0 Å². The van der Waals surface area contributed by atoms with Gasteiger partial charge < -0.3 is 4.74 Å². The van der Waals surface area contributed by atoms with E-state index in [1.165, 1.54) is 38.5 Å². The molecule has 0 N–H and O–H groups in total. The van der Waals surface area contributed by atoms with Crippen molar-refractivity contribution in [3.8, 4) is 0 Å². The lowest BCUT2D eigenvalue weighted by atomic mass is 10.1. The number of ether oxygens (including phenoxy) is 1. The highest BCUT2D eigenvalue weighted by Crippen LogP contribution is 2.04. The minimum absolute atomic E-state index is 0.839. The van der Waals surface area contributed by atoms with Crippen molar-refractivity contribution in [2.45, 2.75) is 58.8 Å². The monoisotopic (exact) mass is 185 g/mol. The summed E-state index contributed by atoms with van der Waals surface area (Å²) >= 11 is 0. The normalized spacial score (nSPS) is 10.6. The summed E-state index contributed by atoms with van der Waals surface area (Å²) in [6, 6.07) is 0. The summed E-state index contributed by atoms with van der Waals surface area (Å²) in [6.07, 6.45) is 11.4. The van der Waals surface area contributed by atoms with Crippen LogP contribution in [-0.4, -0.2) is 13.2 Å². The molecule has 0 atom stereocenters. The minimum atomic E-state index is 0.839. The molecule has 1 heteroatoms. The van der Waals surface area contributed by atoms with E-state index in [0.29, 0.717) is 0 Å². The van der Waals surface area contributed by atoms with E-state index in [1.54, 1.807) is 0 Å². The van der Waals surface area contributed by atoms with Gasteiger partial charge in [0, 0.05) is 13.2 Å². The predicted molar refractivity (Wildman–Crippen MR) is 58.8 cm³/mol. The van der Waals surface area contributed by atoms with Gasteiger partial charge >= 0.3 is 0 Å². The highest BCUT2D eigenvalue weighted by molar-refractivity contribution is 4.58. The Hall–Kier alpha value is -0.0400. The summed E-state index contributed by atoms with van der Waals surface area (Å²) in [4.78, 5) is 0. The summed E-state index contributed by atoms with van der Waals surface area (Å²) in [5.74, 6) is 0. The standard InChI is InChI=1S/C12H25O/c1-3-5-7-8-9-10-12-13-11-6-4-2/h6H,3-5,7-12H2,1-2H3. The molecule has 0 aromatic rings. The molecule has 0 spiro atoms. The molecular weight excluding hydrogens is 160 g/mol. The average molecular weight is 185 g/mol. The minimum Gasteiger partial charge on any atom is -0.381 e. The summed E-state index contributed by atoms with van der Waals surface area (Å²) in [6.45, 7) is 6.19. The van der Waals surface area contributed by atoms with Gasteiger partial charge in [0.05, 0.1) is 0 Å². The molecule has 0 fully saturated rings. The second-order valence-electron chi connectivity index (χ2n) is 3.54. The highest BCUT2D eigenvalue weighted by Gasteiger charge is 1.90. The average Bonchev–Trinajstić information content (AvgIpc) is 2.16. The first-order valence-corrected chi connectivity index (χ1v) is 5.81. The van der Waals surface area contributed by atoms with Crippen LogP contribution in [0.1, 0.15) is 58.8 Å². The summed E-state index contributed by atoms with van der Waals surface area (Å²) in [7, 11) is 0. The van der Waals surface area contributed by atoms with Gasteiger partial charge in [0.15, 0.2) is 0 Å². The Morgan fingerprint density at radius 1 is 0.923 bits per heavy atom. The lowest BCUT2D eigenvalue weighted by molar-refractivity contribution is 0.147. The molecule has 79 valence electrons.